The summed E-state index contributed by atoms with van der Waals surface area (Å²) in [5.74, 6) is -0.145. The first-order valence-electron chi connectivity index (χ1n) is 29.6. The predicted octanol–water partition coefficient (Wildman–Crippen LogP) is 14.8. The number of nitrogens with one attached hydrogen (secondary N) is 1. The van der Waals surface area contributed by atoms with Gasteiger partial charge < -0.3 is 40.3 Å². The van der Waals surface area contributed by atoms with Gasteiger partial charge in [0.15, 0.2) is 6.29 Å². The van der Waals surface area contributed by atoms with E-state index < -0.39 is 49.5 Å². The summed E-state index contributed by atoms with van der Waals surface area (Å²) < 4.78 is 11.3. The van der Waals surface area contributed by atoms with Gasteiger partial charge in [-0.3, -0.25) is 4.79 Å². The number of amides is 1. The van der Waals surface area contributed by atoms with Crippen molar-refractivity contribution >= 4 is 5.91 Å². The van der Waals surface area contributed by atoms with Gasteiger partial charge in [0, 0.05) is 6.42 Å². The van der Waals surface area contributed by atoms with Crippen LogP contribution in [0, 0.1) is 0 Å². The fraction of sp³-hybridized carbons (Fsp3) is 0.790. The Bertz CT molecular complexity index is 1340. The number of unbranched alkanes of at least 4 members (excludes halogenated alkanes) is 28. The summed E-state index contributed by atoms with van der Waals surface area (Å²) in [6, 6.07) is -0.719. The summed E-state index contributed by atoms with van der Waals surface area (Å²) in [6.07, 6.45) is 63.8. The summed E-state index contributed by atoms with van der Waals surface area (Å²) >= 11 is 0. The van der Waals surface area contributed by atoms with E-state index in [1.54, 1.807) is 0 Å². The number of rotatable bonds is 50. The van der Waals surface area contributed by atoms with E-state index in [1.807, 2.05) is 0 Å². The van der Waals surface area contributed by atoms with Crippen LogP contribution in [0.25, 0.3) is 0 Å². The highest BCUT2D eigenvalue weighted by molar-refractivity contribution is 5.76. The van der Waals surface area contributed by atoms with E-state index in [-0.39, 0.29) is 12.5 Å². The Kier molecular flexibility index (Phi) is 48.0. The molecule has 71 heavy (non-hydrogen) atoms. The zero-order chi connectivity index (χ0) is 51.5. The van der Waals surface area contributed by atoms with Crippen LogP contribution in [0.15, 0.2) is 72.9 Å². The number of carbonyl (C=O) groups is 1. The molecule has 0 aromatic carbocycles. The van der Waals surface area contributed by atoms with Gasteiger partial charge in [-0.2, -0.15) is 0 Å². The molecule has 1 aliphatic rings. The van der Waals surface area contributed by atoms with Gasteiger partial charge >= 0.3 is 0 Å². The predicted molar refractivity (Wildman–Crippen MR) is 299 cm³/mol. The average molecular weight is 999 g/mol. The molecule has 9 heteroatoms. The highest BCUT2D eigenvalue weighted by Gasteiger charge is 2.44. The lowest BCUT2D eigenvalue weighted by Crippen LogP contribution is -2.60. The van der Waals surface area contributed by atoms with E-state index >= 15 is 0 Å². The van der Waals surface area contributed by atoms with Crippen molar-refractivity contribution in [1.29, 1.82) is 0 Å². The van der Waals surface area contributed by atoms with Gasteiger partial charge in [-0.15, -0.1) is 0 Å². The number of aliphatic hydroxyl groups excluding tert-OH is 5. The normalized spacial score (nSPS) is 19.8. The molecule has 0 aromatic rings. The van der Waals surface area contributed by atoms with Gasteiger partial charge in [-0.05, 0) is 64.2 Å². The monoisotopic (exact) mass is 998 g/mol. The Balaban J connectivity index is 2.06. The standard InChI is InChI=1S/C62H111NO8/c1-3-5-7-9-11-13-15-16-17-18-19-20-21-22-23-24-25-26-27-28-29-30-31-32-33-34-35-36-37-38-39-40-42-44-46-48-50-52-58(66)63-55(54-70-62-61(69)60(68)59(67)57(53-64)71-62)56(65)51-49-47-45-43-41-14-12-10-8-6-4-2/h5,7,11,13,16-17,19-20,22-23,25-26,55-57,59-62,64-65,67-69H,3-4,6,8-10,12,14-15,18,21,24,27-54H2,1-2H3,(H,63,66)/b7-5-,13-11-,17-16-,20-19-,23-22-,26-25-. The molecule has 0 aliphatic carbocycles. The molecule has 1 heterocycles. The van der Waals surface area contributed by atoms with Crippen molar-refractivity contribution in [3.8, 4) is 0 Å². The van der Waals surface area contributed by atoms with Crippen molar-refractivity contribution in [2.45, 2.75) is 301 Å². The molecule has 0 spiro atoms. The van der Waals surface area contributed by atoms with E-state index in [4.69, 9.17) is 9.47 Å². The van der Waals surface area contributed by atoms with E-state index in [0.29, 0.717) is 12.8 Å². The molecule has 0 bridgehead atoms. The number of hydrogen-bond donors (Lipinski definition) is 6. The van der Waals surface area contributed by atoms with Gasteiger partial charge in [0.25, 0.3) is 0 Å². The van der Waals surface area contributed by atoms with Gasteiger partial charge in [-0.1, -0.05) is 260 Å². The van der Waals surface area contributed by atoms with Crippen molar-refractivity contribution in [3.63, 3.8) is 0 Å². The highest BCUT2D eigenvalue weighted by atomic mass is 16.7. The molecule has 6 N–H and O–H groups in total. The Morgan fingerprint density at radius 2 is 0.873 bits per heavy atom. The fourth-order valence-corrected chi connectivity index (χ4v) is 9.17. The molecule has 1 rings (SSSR count). The van der Waals surface area contributed by atoms with Crippen LogP contribution in [0.1, 0.15) is 258 Å². The van der Waals surface area contributed by atoms with Crippen LogP contribution in [0.4, 0.5) is 0 Å². The molecule has 9 nitrogen and oxygen atoms in total. The van der Waals surface area contributed by atoms with Crippen LogP contribution in [0.2, 0.25) is 0 Å². The largest absolute Gasteiger partial charge is 0.394 e. The van der Waals surface area contributed by atoms with Gasteiger partial charge in [0.2, 0.25) is 5.91 Å². The maximum Gasteiger partial charge on any atom is 0.220 e. The fourth-order valence-electron chi connectivity index (χ4n) is 9.17. The maximum atomic E-state index is 13.0. The molecular formula is C62H111NO8. The molecular weight excluding hydrogens is 887 g/mol. The molecule has 0 aromatic heterocycles. The summed E-state index contributed by atoms with van der Waals surface area (Å²) in [6.45, 7) is 3.72. The SMILES string of the molecule is CC/C=C\C/C=C\C/C=C\C/C=C\C/C=C\C/C=C\CCCCCCCCCCCCCCCCCCCCC(=O)NC(COC1OC(CO)C(O)C(O)C1O)C(O)CCCCCCCCCCCCC. The summed E-state index contributed by atoms with van der Waals surface area (Å²) in [5, 5.41) is 54.5. The molecule has 1 amide bonds. The third-order valence-electron chi connectivity index (χ3n) is 13.8. The molecule has 412 valence electrons. The Morgan fingerprint density at radius 3 is 1.30 bits per heavy atom. The Labute approximate surface area is 436 Å². The second kappa shape index (κ2) is 51.1. The lowest BCUT2D eigenvalue weighted by molar-refractivity contribution is -0.302. The van der Waals surface area contributed by atoms with Crippen LogP contribution in [-0.4, -0.2) is 87.5 Å². The van der Waals surface area contributed by atoms with Crippen molar-refractivity contribution in [1.82, 2.24) is 5.32 Å². The maximum absolute atomic E-state index is 13.0. The van der Waals surface area contributed by atoms with Gasteiger partial charge in [0.05, 0.1) is 25.4 Å². The van der Waals surface area contributed by atoms with E-state index in [0.717, 1.165) is 77.0 Å². The first-order chi connectivity index (χ1) is 34.8. The molecule has 7 atom stereocenters. The third kappa shape index (κ3) is 40.7. The minimum absolute atomic E-state index is 0.138. The van der Waals surface area contributed by atoms with E-state index in [1.165, 1.54) is 154 Å². The Hall–Kier alpha value is -2.37. The zero-order valence-corrected chi connectivity index (χ0v) is 45.7. The topological polar surface area (TPSA) is 149 Å². The van der Waals surface area contributed by atoms with Crippen LogP contribution in [0.3, 0.4) is 0 Å². The first-order valence-corrected chi connectivity index (χ1v) is 29.6. The number of hydrogen-bond acceptors (Lipinski definition) is 8. The molecule has 1 fully saturated rings. The average Bonchev–Trinajstić information content (AvgIpc) is 3.37. The third-order valence-corrected chi connectivity index (χ3v) is 13.8. The number of allylic oxidation sites excluding steroid dienone is 12. The van der Waals surface area contributed by atoms with Crippen LogP contribution in [-0.2, 0) is 14.3 Å². The smallest absolute Gasteiger partial charge is 0.220 e. The van der Waals surface area contributed by atoms with E-state index in [2.05, 4.69) is 92.1 Å². The first kappa shape index (κ1) is 66.6. The van der Waals surface area contributed by atoms with Gasteiger partial charge in [0.1, 0.15) is 24.4 Å². The molecule has 7 unspecified atom stereocenters. The quantitative estimate of drug-likeness (QED) is 0.0261. The molecule has 1 aliphatic heterocycles. The number of ether oxygens (including phenoxy) is 2. The van der Waals surface area contributed by atoms with Crippen molar-refractivity contribution in [2.75, 3.05) is 13.2 Å². The minimum atomic E-state index is -1.55. The Morgan fingerprint density at radius 1 is 0.493 bits per heavy atom. The lowest BCUT2D eigenvalue weighted by atomic mass is 9.99. The molecule has 1 saturated heterocycles. The minimum Gasteiger partial charge on any atom is -0.394 e. The second-order valence-electron chi connectivity index (χ2n) is 20.4. The zero-order valence-electron chi connectivity index (χ0n) is 45.7. The summed E-state index contributed by atoms with van der Waals surface area (Å²) in [4.78, 5) is 13.0. The van der Waals surface area contributed by atoms with E-state index in [9.17, 15) is 30.3 Å². The van der Waals surface area contributed by atoms with Gasteiger partial charge in [-0.25, -0.2) is 0 Å². The molecule has 0 radical (unpaired) electrons. The van der Waals surface area contributed by atoms with Crippen LogP contribution >= 0.6 is 0 Å². The lowest BCUT2D eigenvalue weighted by Gasteiger charge is -2.40. The van der Waals surface area contributed by atoms with Crippen molar-refractivity contribution < 1.29 is 39.8 Å². The summed E-state index contributed by atoms with van der Waals surface area (Å²) in [7, 11) is 0. The van der Waals surface area contributed by atoms with Crippen LogP contribution < -0.4 is 5.32 Å². The number of aliphatic hydroxyl groups is 5. The van der Waals surface area contributed by atoms with Crippen LogP contribution in [0.5, 0.6) is 0 Å². The number of carbonyl (C=O) groups excluding carboxylic acids is 1. The van der Waals surface area contributed by atoms with Crippen molar-refractivity contribution in [3.05, 3.63) is 72.9 Å². The second-order valence-corrected chi connectivity index (χ2v) is 20.4. The van der Waals surface area contributed by atoms with Crippen molar-refractivity contribution in [2.24, 2.45) is 0 Å². The summed E-state index contributed by atoms with van der Waals surface area (Å²) in [5.41, 5.74) is 0. The molecule has 0 saturated carbocycles. The highest BCUT2D eigenvalue weighted by Crippen LogP contribution is 2.23.